The summed E-state index contributed by atoms with van der Waals surface area (Å²) >= 11 is 0. The maximum atomic E-state index is 12.7. The number of carbonyl (C=O) groups is 1. The molecule has 0 saturated heterocycles. The maximum Gasteiger partial charge on any atom is 0.173 e. The van der Waals surface area contributed by atoms with Crippen LogP contribution < -0.4 is 0 Å². The monoisotopic (exact) mass is 284 g/mol. The van der Waals surface area contributed by atoms with Gasteiger partial charge in [-0.05, 0) is 31.2 Å². The van der Waals surface area contributed by atoms with Gasteiger partial charge in [0.2, 0.25) is 0 Å². The van der Waals surface area contributed by atoms with Gasteiger partial charge in [-0.2, -0.15) is 0 Å². The lowest BCUT2D eigenvalue weighted by Gasteiger charge is -2.36. The van der Waals surface area contributed by atoms with E-state index < -0.39 is 0 Å². The number of aryl methyl sites for hydroxylation is 1. The number of allylic oxidation sites excluding steroid dienone is 1. The average molecular weight is 284 g/mol. The third kappa shape index (κ3) is 2.90. The Kier molecular flexibility index (Phi) is 4.14. The first-order valence-corrected chi connectivity index (χ1v) is 8.13. The van der Waals surface area contributed by atoms with Gasteiger partial charge in [0.25, 0.3) is 0 Å². The summed E-state index contributed by atoms with van der Waals surface area (Å²) < 4.78 is 6.01. The Morgan fingerprint density at radius 1 is 1.05 bits per heavy atom. The molecule has 0 N–H and O–H groups in total. The fraction of sp³-hybridized carbons (Fsp3) is 0.526. The summed E-state index contributed by atoms with van der Waals surface area (Å²) in [6, 6.07) is 8.11. The highest BCUT2D eigenvalue weighted by Gasteiger charge is 2.37. The lowest BCUT2D eigenvalue weighted by atomic mass is 9.77. The highest BCUT2D eigenvalue weighted by molar-refractivity contribution is 6.22. The van der Waals surface area contributed by atoms with Gasteiger partial charge < -0.3 is 4.74 Å². The third-order valence-corrected chi connectivity index (χ3v) is 4.99. The minimum atomic E-state index is -0.0330. The van der Waals surface area contributed by atoms with Crippen molar-refractivity contribution in [2.75, 3.05) is 0 Å². The van der Waals surface area contributed by atoms with E-state index in [-0.39, 0.29) is 17.8 Å². The van der Waals surface area contributed by atoms with Gasteiger partial charge in [-0.1, -0.05) is 56.0 Å². The lowest BCUT2D eigenvalue weighted by Crippen LogP contribution is -2.38. The van der Waals surface area contributed by atoms with Crippen LogP contribution in [0, 0.1) is 18.8 Å². The molecule has 2 aliphatic rings. The summed E-state index contributed by atoms with van der Waals surface area (Å²) in [5.74, 6) is 0.753. The largest absolute Gasteiger partial charge is 0.496 e. The SMILES string of the molecule is Cc1ccc(C2=CO[C@@H](C3CCCCC3)[C@@H](C)C2=O)cc1. The number of hydrogen-bond donors (Lipinski definition) is 0. The van der Waals surface area contributed by atoms with Crippen LogP contribution >= 0.6 is 0 Å². The summed E-state index contributed by atoms with van der Waals surface area (Å²) in [7, 11) is 0. The molecule has 2 atom stereocenters. The molecule has 1 aromatic carbocycles. The molecular formula is C19H24O2. The van der Waals surface area contributed by atoms with Crippen LogP contribution in [0.4, 0.5) is 0 Å². The van der Waals surface area contributed by atoms with E-state index in [9.17, 15) is 4.79 Å². The Balaban J connectivity index is 1.80. The summed E-state index contributed by atoms with van der Waals surface area (Å²) in [6.45, 7) is 4.09. The second-order valence-electron chi connectivity index (χ2n) is 6.55. The Morgan fingerprint density at radius 2 is 1.71 bits per heavy atom. The van der Waals surface area contributed by atoms with Crippen LogP contribution in [0.1, 0.15) is 50.2 Å². The van der Waals surface area contributed by atoms with Crippen LogP contribution in [0.2, 0.25) is 0 Å². The number of Topliss-reactive ketones (excluding diaryl/α,β-unsaturated/α-hetero) is 1. The summed E-state index contributed by atoms with van der Waals surface area (Å²) in [4.78, 5) is 12.7. The first-order valence-electron chi connectivity index (χ1n) is 8.13. The fourth-order valence-electron chi connectivity index (χ4n) is 3.64. The quantitative estimate of drug-likeness (QED) is 0.798. The van der Waals surface area contributed by atoms with Gasteiger partial charge in [0.15, 0.2) is 5.78 Å². The van der Waals surface area contributed by atoms with Crippen molar-refractivity contribution in [2.24, 2.45) is 11.8 Å². The van der Waals surface area contributed by atoms with Gasteiger partial charge in [-0.25, -0.2) is 0 Å². The van der Waals surface area contributed by atoms with Crippen molar-refractivity contribution >= 4 is 11.4 Å². The number of ether oxygens (including phenoxy) is 1. The number of ketones is 1. The highest BCUT2D eigenvalue weighted by Crippen LogP contribution is 2.36. The molecule has 1 fully saturated rings. The maximum absolute atomic E-state index is 12.7. The van der Waals surface area contributed by atoms with Gasteiger partial charge in [0.1, 0.15) is 6.10 Å². The molecule has 112 valence electrons. The fourth-order valence-corrected chi connectivity index (χ4v) is 3.64. The molecule has 0 unspecified atom stereocenters. The van der Waals surface area contributed by atoms with E-state index in [1.807, 2.05) is 31.2 Å². The number of rotatable bonds is 2. The predicted octanol–water partition coefficient (Wildman–Crippen LogP) is 4.52. The second kappa shape index (κ2) is 6.05. The predicted molar refractivity (Wildman–Crippen MR) is 84.8 cm³/mol. The molecule has 0 spiro atoms. The number of hydrogen-bond acceptors (Lipinski definition) is 2. The Morgan fingerprint density at radius 3 is 2.38 bits per heavy atom. The lowest BCUT2D eigenvalue weighted by molar-refractivity contribution is -0.124. The molecule has 3 rings (SSSR count). The van der Waals surface area contributed by atoms with Crippen molar-refractivity contribution in [1.82, 2.24) is 0 Å². The van der Waals surface area contributed by atoms with Crippen LogP contribution in [-0.4, -0.2) is 11.9 Å². The van der Waals surface area contributed by atoms with Crippen LogP contribution in [0.5, 0.6) is 0 Å². The van der Waals surface area contributed by atoms with E-state index in [0.717, 1.165) is 11.1 Å². The number of carbonyl (C=O) groups excluding carboxylic acids is 1. The van der Waals surface area contributed by atoms with Crippen molar-refractivity contribution in [1.29, 1.82) is 0 Å². The Bertz CT molecular complexity index is 535. The topological polar surface area (TPSA) is 26.3 Å². The molecule has 1 saturated carbocycles. The zero-order chi connectivity index (χ0) is 14.8. The van der Waals surface area contributed by atoms with Crippen molar-refractivity contribution in [3.8, 4) is 0 Å². The van der Waals surface area contributed by atoms with Gasteiger partial charge in [0, 0.05) is 0 Å². The van der Waals surface area contributed by atoms with Crippen LogP contribution in [0.25, 0.3) is 5.57 Å². The van der Waals surface area contributed by atoms with E-state index in [2.05, 4.69) is 6.92 Å². The molecule has 2 nitrogen and oxygen atoms in total. The molecular weight excluding hydrogens is 260 g/mol. The van der Waals surface area contributed by atoms with Gasteiger partial charge >= 0.3 is 0 Å². The minimum Gasteiger partial charge on any atom is -0.496 e. The molecule has 1 aliphatic heterocycles. The van der Waals surface area contributed by atoms with Crippen molar-refractivity contribution in [3.05, 3.63) is 41.7 Å². The van der Waals surface area contributed by atoms with E-state index in [4.69, 9.17) is 4.74 Å². The molecule has 0 radical (unpaired) electrons. The smallest absolute Gasteiger partial charge is 0.173 e. The van der Waals surface area contributed by atoms with Crippen molar-refractivity contribution in [2.45, 2.75) is 52.1 Å². The summed E-state index contributed by atoms with van der Waals surface area (Å²) in [5.41, 5.74) is 2.91. The molecule has 21 heavy (non-hydrogen) atoms. The average Bonchev–Trinajstić information content (AvgIpc) is 2.52. The molecule has 0 bridgehead atoms. The van der Waals surface area contributed by atoms with Crippen molar-refractivity contribution < 1.29 is 9.53 Å². The summed E-state index contributed by atoms with van der Waals surface area (Å²) in [6.07, 6.45) is 8.08. The van der Waals surface area contributed by atoms with Gasteiger partial charge in [-0.15, -0.1) is 0 Å². The third-order valence-electron chi connectivity index (χ3n) is 4.99. The molecule has 1 aromatic rings. The van der Waals surface area contributed by atoms with Gasteiger partial charge in [0.05, 0.1) is 17.8 Å². The summed E-state index contributed by atoms with van der Waals surface area (Å²) in [5, 5.41) is 0. The minimum absolute atomic E-state index is 0.0330. The van der Waals surface area contributed by atoms with E-state index >= 15 is 0 Å². The molecule has 0 amide bonds. The zero-order valence-corrected chi connectivity index (χ0v) is 13.0. The first-order chi connectivity index (χ1) is 10.2. The van der Waals surface area contributed by atoms with Crippen LogP contribution in [0.15, 0.2) is 30.5 Å². The normalized spacial score (nSPS) is 27.1. The standard InChI is InChI=1S/C19H24O2/c1-13-8-10-15(11-9-13)17-12-21-19(14(2)18(17)20)16-6-4-3-5-7-16/h8-12,14,16,19H,3-7H2,1-2H3/t14-,19+/m0/s1. The molecule has 0 aromatic heterocycles. The van der Waals surface area contributed by atoms with E-state index in [0.29, 0.717) is 5.92 Å². The molecule has 2 heteroatoms. The van der Waals surface area contributed by atoms with E-state index in [1.165, 1.54) is 37.7 Å². The van der Waals surface area contributed by atoms with Crippen molar-refractivity contribution in [3.63, 3.8) is 0 Å². The number of benzene rings is 1. The van der Waals surface area contributed by atoms with Crippen LogP contribution in [0.3, 0.4) is 0 Å². The Labute approximate surface area is 127 Å². The van der Waals surface area contributed by atoms with E-state index in [1.54, 1.807) is 6.26 Å². The zero-order valence-electron chi connectivity index (χ0n) is 13.0. The molecule has 1 heterocycles. The molecule has 1 aliphatic carbocycles. The first kappa shape index (κ1) is 14.4. The van der Waals surface area contributed by atoms with Crippen LogP contribution in [-0.2, 0) is 9.53 Å². The highest BCUT2D eigenvalue weighted by atomic mass is 16.5. The Hall–Kier alpha value is -1.57. The second-order valence-corrected chi connectivity index (χ2v) is 6.55. The van der Waals surface area contributed by atoms with Gasteiger partial charge in [-0.3, -0.25) is 4.79 Å².